The van der Waals surface area contributed by atoms with Gasteiger partial charge < -0.3 is 9.84 Å². The van der Waals surface area contributed by atoms with Crippen molar-refractivity contribution in [3.63, 3.8) is 0 Å². The van der Waals surface area contributed by atoms with Crippen molar-refractivity contribution in [3.05, 3.63) is 76.3 Å². The van der Waals surface area contributed by atoms with Crippen LogP contribution in [0.2, 0.25) is 0 Å². The van der Waals surface area contributed by atoms with Crippen molar-refractivity contribution in [1.29, 1.82) is 0 Å². The molecule has 1 aliphatic heterocycles. The summed E-state index contributed by atoms with van der Waals surface area (Å²) in [6, 6.07) is 13.8. The van der Waals surface area contributed by atoms with E-state index >= 15 is 0 Å². The molecule has 1 aliphatic rings. The molecule has 4 rings (SSSR count). The molecule has 0 aliphatic carbocycles. The zero-order valence-corrected chi connectivity index (χ0v) is 18.2. The third kappa shape index (κ3) is 3.61. The summed E-state index contributed by atoms with van der Waals surface area (Å²) in [7, 11) is 1.54. The van der Waals surface area contributed by atoms with E-state index in [4.69, 9.17) is 4.74 Å². The van der Waals surface area contributed by atoms with E-state index < -0.39 is 17.7 Å². The molecular weight excluding hydrogens is 412 g/mol. The van der Waals surface area contributed by atoms with Crippen LogP contribution in [0.1, 0.15) is 25.5 Å². The predicted molar refractivity (Wildman–Crippen MR) is 120 cm³/mol. The lowest BCUT2D eigenvalue weighted by molar-refractivity contribution is -0.119. The van der Waals surface area contributed by atoms with Crippen molar-refractivity contribution >= 4 is 28.7 Å². The number of hydrogen-bond donors (Lipinski definition) is 1. The van der Waals surface area contributed by atoms with Crippen LogP contribution in [-0.4, -0.2) is 28.9 Å². The van der Waals surface area contributed by atoms with Gasteiger partial charge in [0.05, 0.1) is 29.9 Å². The Balaban J connectivity index is 1.84. The number of carbonyl (C=O) groups excluding carboxylic acids is 2. The lowest BCUT2D eigenvalue weighted by atomic mass is 9.90. The van der Waals surface area contributed by atoms with Gasteiger partial charge in [0.15, 0.2) is 11.5 Å². The molecule has 2 aromatic carbocycles. The predicted octanol–water partition coefficient (Wildman–Crippen LogP) is 4.94. The molecular formula is C24H22N2O4S. The second kappa shape index (κ2) is 8.35. The fourth-order valence-electron chi connectivity index (χ4n) is 3.77. The Morgan fingerprint density at radius 1 is 1.16 bits per heavy atom. The van der Waals surface area contributed by atoms with E-state index in [9.17, 15) is 14.7 Å². The first-order valence-corrected chi connectivity index (χ1v) is 10.8. The van der Waals surface area contributed by atoms with Gasteiger partial charge in [-0.3, -0.25) is 14.5 Å². The van der Waals surface area contributed by atoms with Gasteiger partial charge >= 0.3 is 0 Å². The summed E-state index contributed by atoms with van der Waals surface area (Å²) in [4.78, 5) is 31.9. The van der Waals surface area contributed by atoms with Crippen LogP contribution in [0, 0.1) is 5.92 Å². The molecule has 0 spiro atoms. The number of aromatic nitrogens is 1. The number of benzene rings is 2. The molecule has 0 fully saturated rings. The number of Topliss-reactive ketones (excluding diaryl/α,β-unsaturated/α-hetero) is 1. The number of anilines is 1. The number of thiazole rings is 1. The topological polar surface area (TPSA) is 79.7 Å². The van der Waals surface area contributed by atoms with Crippen molar-refractivity contribution in [2.45, 2.75) is 19.9 Å². The third-order valence-corrected chi connectivity index (χ3v) is 5.89. The van der Waals surface area contributed by atoms with Gasteiger partial charge in [0, 0.05) is 28.1 Å². The molecule has 3 aromatic rings. The number of hydrogen-bond acceptors (Lipinski definition) is 6. The van der Waals surface area contributed by atoms with E-state index in [0.717, 1.165) is 11.3 Å². The first-order valence-electron chi connectivity index (χ1n) is 9.86. The Labute approximate surface area is 184 Å². The molecule has 1 amide bonds. The van der Waals surface area contributed by atoms with Gasteiger partial charge in [-0.15, -0.1) is 11.3 Å². The van der Waals surface area contributed by atoms with Crippen LogP contribution in [-0.2, 0) is 9.59 Å². The van der Waals surface area contributed by atoms with Crippen LogP contribution >= 0.6 is 11.3 Å². The van der Waals surface area contributed by atoms with Crippen molar-refractivity contribution in [2.75, 3.05) is 12.0 Å². The minimum absolute atomic E-state index is 0.0908. The number of aliphatic hydroxyl groups is 1. The molecule has 0 bridgehead atoms. The zero-order valence-electron chi connectivity index (χ0n) is 17.4. The number of carbonyl (C=O) groups is 2. The highest BCUT2D eigenvalue weighted by molar-refractivity contribution is 7.07. The molecule has 1 aromatic heterocycles. The number of aliphatic hydroxyl groups excluding tert-OH is 1. The highest BCUT2D eigenvalue weighted by atomic mass is 32.1. The van der Waals surface area contributed by atoms with Crippen LogP contribution in [0.5, 0.6) is 5.75 Å². The fraction of sp³-hybridized carbons (Fsp3) is 0.208. The van der Waals surface area contributed by atoms with E-state index in [1.54, 1.807) is 43.6 Å². The molecule has 0 saturated heterocycles. The molecule has 0 radical (unpaired) electrons. The summed E-state index contributed by atoms with van der Waals surface area (Å²) in [5, 5.41) is 12.7. The Kier molecular flexibility index (Phi) is 5.61. The van der Waals surface area contributed by atoms with E-state index in [0.29, 0.717) is 17.0 Å². The minimum atomic E-state index is -0.788. The Hall–Kier alpha value is -3.45. The number of ketones is 1. The third-order valence-electron chi connectivity index (χ3n) is 5.31. The molecule has 0 saturated carbocycles. The van der Waals surface area contributed by atoms with E-state index in [-0.39, 0.29) is 17.3 Å². The van der Waals surface area contributed by atoms with Crippen LogP contribution in [0.15, 0.2) is 70.8 Å². The Bertz CT molecular complexity index is 1150. The van der Waals surface area contributed by atoms with E-state index in [2.05, 4.69) is 4.98 Å². The Morgan fingerprint density at radius 2 is 1.87 bits per heavy atom. The summed E-state index contributed by atoms with van der Waals surface area (Å²) in [6.45, 7) is 3.50. The molecule has 1 unspecified atom stereocenters. The number of rotatable bonds is 6. The highest BCUT2D eigenvalue weighted by Crippen LogP contribution is 2.44. The highest BCUT2D eigenvalue weighted by Gasteiger charge is 2.45. The van der Waals surface area contributed by atoms with Crippen LogP contribution in [0.25, 0.3) is 11.3 Å². The van der Waals surface area contributed by atoms with Gasteiger partial charge in [0.2, 0.25) is 0 Å². The first-order chi connectivity index (χ1) is 14.9. The maximum atomic E-state index is 13.2. The first kappa shape index (κ1) is 20.8. The van der Waals surface area contributed by atoms with E-state index in [1.165, 1.54) is 23.3 Å². The van der Waals surface area contributed by atoms with Crippen LogP contribution < -0.4 is 9.64 Å². The molecule has 6 nitrogen and oxygen atoms in total. The maximum Gasteiger partial charge on any atom is 0.294 e. The van der Waals surface area contributed by atoms with Gasteiger partial charge in [-0.2, -0.15) is 0 Å². The molecule has 7 heteroatoms. The van der Waals surface area contributed by atoms with Gasteiger partial charge in [0.25, 0.3) is 5.91 Å². The van der Waals surface area contributed by atoms with Gasteiger partial charge in [0.1, 0.15) is 5.75 Å². The average Bonchev–Trinajstić information content (AvgIpc) is 3.41. The Morgan fingerprint density at radius 3 is 2.48 bits per heavy atom. The SMILES string of the molecule is COc1ccccc1C1C(C(=O)C(C)C)=C(O)C(=O)N1c1ccc(-c2cscn2)cc1. The van der Waals surface area contributed by atoms with Crippen molar-refractivity contribution in [1.82, 2.24) is 4.98 Å². The van der Waals surface area contributed by atoms with Crippen LogP contribution in [0.4, 0.5) is 5.69 Å². The lowest BCUT2D eigenvalue weighted by Gasteiger charge is -2.28. The number of methoxy groups -OCH3 is 1. The molecule has 158 valence electrons. The summed E-state index contributed by atoms with van der Waals surface area (Å²) in [5.74, 6) is -1.25. The van der Waals surface area contributed by atoms with Crippen LogP contribution in [0.3, 0.4) is 0 Å². The second-order valence-electron chi connectivity index (χ2n) is 7.52. The number of amides is 1. The summed E-state index contributed by atoms with van der Waals surface area (Å²) < 4.78 is 5.51. The quantitative estimate of drug-likeness (QED) is 0.594. The molecule has 1 N–H and O–H groups in total. The van der Waals surface area contributed by atoms with Gasteiger partial charge in [-0.05, 0) is 18.2 Å². The summed E-state index contributed by atoms with van der Waals surface area (Å²) >= 11 is 1.51. The minimum Gasteiger partial charge on any atom is -0.503 e. The molecule has 2 heterocycles. The average molecular weight is 435 g/mol. The van der Waals surface area contributed by atoms with Crippen molar-refractivity contribution < 1.29 is 19.4 Å². The van der Waals surface area contributed by atoms with Gasteiger partial charge in [-0.1, -0.05) is 44.2 Å². The van der Waals surface area contributed by atoms with Gasteiger partial charge in [-0.25, -0.2) is 4.98 Å². The normalized spacial score (nSPS) is 16.3. The van der Waals surface area contributed by atoms with Crippen molar-refractivity contribution in [3.8, 4) is 17.0 Å². The fourth-order valence-corrected chi connectivity index (χ4v) is 4.33. The second-order valence-corrected chi connectivity index (χ2v) is 8.24. The largest absolute Gasteiger partial charge is 0.503 e. The molecule has 1 atom stereocenters. The summed E-state index contributed by atoms with van der Waals surface area (Å²) in [6.07, 6.45) is 0. The summed E-state index contributed by atoms with van der Waals surface area (Å²) in [5.41, 5.74) is 4.82. The van der Waals surface area contributed by atoms with Crippen molar-refractivity contribution in [2.24, 2.45) is 5.92 Å². The maximum absolute atomic E-state index is 13.2. The standard InChI is InChI=1S/C24H22N2O4S/c1-14(2)22(27)20-21(17-6-4-5-7-19(17)30-3)26(24(29)23(20)28)16-10-8-15(9-11-16)18-12-31-13-25-18/h4-14,21,28H,1-3H3. The number of nitrogens with zero attached hydrogens (tertiary/aromatic N) is 2. The monoisotopic (exact) mass is 434 g/mol. The lowest BCUT2D eigenvalue weighted by Crippen LogP contribution is -2.31. The number of para-hydroxylation sites is 1. The molecule has 31 heavy (non-hydrogen) atoms. The van der Waals surface area contributed by atoms with E-state index in [1.807, 2.05) is 29.6 Å². The smallest absolute Gasteiger partial charge is 0.294 e. The zero-order chi connectivity index (χ0) is 22.1. The number of ether oxygens (including phenoxy) is 1.